The van der Waals surface area contributed by atoms with Gasteiger partial charge in [0.15, 0.2) is 5.13 Å². The first-order valence-electron chi connectivity index (χ1n) is 8.50. The molecule has 23 heavy (non-hydrogen) atoms. The van der Waals surface area contributed by atoms with Gasteiger partial charge in [0.2, 0.25) is 0 Å². The molecule has 3 atom stereocenters. The topological polar surface area (TPSA) is 57.7 Å². The highest BCUT2D eigenvalue weighted by Crippen LogP contribution is 2.34. The Bertz CT molecular complexity index is 577. The zero-order valence-corrected chi connectivity index (χ0v) is 14.6. The van der Waals surface area contributed by atoms with Crippen LogP contribution in [0.15, 0.2) is 0 Å². The zero-order valence-electron chi connectivity index (χ0n) is 13.7. The number of urea groups is 1. The molecule has 0 saturated carbocycles. The number of carbonyl (C=O) groups excluding carboxylic acids is 1. The number of nitrogens with one attached hydrogen (secondary N) is 1. The molecule has 0 radical (unpaired) electrons. The van der Waals surface area contributed by atoms with E-state index in [-0.39, 0.29) is 18.2 Å². The van der Waals surface area contributed by atoms with Crippen LogP contribution in [-0.4, -0.2) is 60.3 Å². The van der Waals surface area contributed by atoms with E-state index in [1.807, 2.05) is 4.90 Å². The first-order valence-corrected chi connectivity index (χ1v) is 9.31. The fourth-order valence-electron chi connectivity index (χ4n) is 3.73. The van der Waals surface area contributed by atoms with E-state index in [4.69, 9.17) is 4.74 Å². The van der Waals surface area contributed by atoms with Gasteiger partial charge in [-0.15, -0.1) is 11.3 Å². The average Bonchev–Trinajstić information content (AvgIpc) is 3.24. The smallest absolute Gasteiger partial charge is 0.317 e. The first kappa shape index (κ1) is 15.2. The predicted molar refractivity (Wildman–Crippen MR) is 90.2 cm³/mol. The van der Waals surface area contributed by atoms with Crippen molar-refractivity contribution < 1.29 is 9.53 Å². The van der Waals surface area contributed by atoms with Crippen molar-refractivity contribution in [2.24, 2.45) is 0 Å². The van der Waals surface area contributed by atoms with Crippen LogP contribution >= 0.6 is 11.3 Å². The molecule has 0 aromatic carbocycles. The molecule has 2 amide bonds. The summed E-state index contributed by atoms with van der Waals surface area (Å²) in [7, 11) is 0. The van der Waals surface area contributed by atoms with Gasteiger partial charge in [-0.05, 0) is 33.1 Å². The molecule has 3 aliphatic rings. The number of ether oxygens (including phenoxy) is 1. The maximum absolute atomic E-state index is 12.5. The largest absolute Gasteiger partial charge is 0.373 e. The van der Waals surface area contributed by atoms with Crippen LogP contribution < -0.4 is 10.2 Å². The first-order chi connectivity index (χ1) is 11.1. The molecule has 1 aromatic heterocycles. The van der Waals surface area contributed by atoms with Gasteiger partial charge in [0, 0.05) is 31.1 Å². The normalized spacial score (nSPS) is 30.1. The van der Waals surface area contributed by atoms with E-state index in [0.29, 0.717) is 6.10 Å². The highest BCUT2D eigenvalue weighted by atomic mass is 32.1. The number of anilines is 1. The van der Waals surface area contributed by atoms with Crippen molar-refractivity contribution >= 4 is 22.5 Å². The molecule has 6 nitrogen and oxygen atoms in total. The van der Waals surface area contributed by atoms with Crippen molar-refractivity contribution in [2.45, 2.75) is 51.4 Å². The van der Waals surface area contributed by atoms with Gasteiger partial charge in [-0.1, -0.05) is 0 Å². The van der Waals surface area contributed by atoms with E-state index in [9.17, 15) is 4.79 Å². The molecule has 1 N–H and O–H groups in total. The van der Waals surface area contributed by atoms with Crippen LogP contribution in [0.3, 0.4) is 0 Å². The van der Waals surface area contributed by atoms with Crippen LogP contribution in [0.5, 0.6) is 0 Å². The lowest BCUT2D eigenvalue weighted by Gasteiger charge is -2.35. The van der Waals surface area contributed by atoms with Gasteiger partial charge in [0.05, 0.1) is 23.9 Å². The average molecular weight is 336 g/mol. The fraction of sp³-hybridized carbons (Fsp3) is 0.750. The summed E-state index contributed by atoms with van der Waals surface area (Å²) in [6.45, 7) is 7.38. The third-order valence-corrected chi connectivity index (χ3v) is 6.40. The molecule has 0 aliphatic carbocycles. The number of aromatic nitrogens is 1. The summed E-state index contributed by atoms with van der Waals surface area (Å²) < 4.78 is 5.81. The van der Waals surface area contributed by atoms with Gasteiger partial charge in [0.25, 0.3) is 0 Å². The maximum Gasteiger partial charge on any atom is 0.317 e. The minimum Gasteiger partial charge on any atom is -0.373 e. The Labute approximate surface area is 140 Å². The molecule has 3 saturated heterocycles. The van der Waals surface area contributed by atoms with Crippen molar-refractivity contribution in [3.8, 4) is 0 Å². The molecular formula is C16H24N4O2S. The van der Waals surface area contributed by atoms with E-state index in [1.165, 1.54) is 4.88 Å². The summed E-state index contributed by atoms with van der Waals surface area (Å²) in [5.41, 5.74) is 1.11. The Morgan fingerprint density at radius 1 is 1.26 bits per heavy atom. The van der Waals surface area contributed by atoms with Crippen LogP contribution in [0.25, 0.3) is 0 Å². The highest BCUT2D eigenvalue weighted by Gasteiger charge is 2.42. The third-order valence-electron chi connectivity index (χ3n) is 5.27. The summed E-state index contributed by atoms with van der Waals surface area (Å²) in [4.78, 5) is 22.6. The van der Waals surface area contributed by atoms with Crippen LogP contribution in [0.1, 0.15) is 29.8 Å². The molecule has 3 fully saturated rings. The van der Waals surface area contributed by atoms with Crippen LogP contribution in [-0.2, 0) is 4.74 Å². The number of hydrogen-bond acceptors (Lipinski definition) is 5. The molecule has 4 heterocycles. The second-order valence-corrected chi connectivity index (χ2v) is 7.96. The summed E-state index contributed by atoms with van der Waals surface area (Å²) in [6.07, 6.45) is 3.84. The van der Waals surface area contributed by atoms with E-state index >= 15 is 0 Å². The maximum atomic E-state index is 12.5. The van der Waals surface area contributed by atoms with Gasteiger partial charge >= 0.3 is 6.03 Å². The van der Waals surface area contributed by atoms with Crippen molar-refractivity contribution in [3.05, 3.63) is 10.6 Å². The van der Waals surface area contributed by atoms with Gasteiger partial charge in [-0.25, -0.2) is 9.78 Å². The molecule has 3 aliphatic heterocycles. The molecule has 2 bridgehead atoms. The summed E-state index contributed by atoms with van der Waals surface area (Å²) in [5, 5.41) is 4.26. The van der Waals surface area contributed by atoms with E-state index in [1.54, 1.807) is 11.3 Å². The standard InChI is InChI=1S/C16H24N4O2S/c1-10-11(2)23-16(17-10)20-7-5-19(6-8-20)15(21)18-13-9-12-3-4-14(13)22-12/h12-14H,3-9H2,1-2H3,(H,18,21)/t12-,13+,14+/m1/s1. The van der Waals surface area contributed by atoms with Crippen LogP contribution in [0, 0.1) is 13.8 Å². The van der Waals surface area contributed by atoms with E-state index in [2.05, 4.69) is 29.0 Å². The third kappa shape index (κ3) is 2.92. The second kappa shape index (κ2) is 5.94. The lowest BCUT2D eigenvalue weighted by molar-refractivity contribution is 0.0969. The predicted octanol–water partition coefficient (Wildman–Crippen LogP) is 1.91. The summed E-state index contributed by atoms with van der Waals surface area (Å²) in [5.74, 6) is 0. The number of amides is 2. The number of hydrogen-bond donors (Lipinski definition) is 1. The quantitative estimate of drug-likeness (QED) is 0.896. The second-order valence-electron chi connectivity index (χ2n) is 6.78. The summed E-state index contributed by atoms with van der Waals surface area (Å²) >= 11 is 1.74. The van der Waals surface area contributed by atoms with Crippen LogP contribution in [0.2, 0.25) is 0 Å². The number of rotatable bonds is 2. The lowest BCUT2D eigenvalue weighted by atomic mass is 9.96. The Kier molecular flexibility index (Phi) is 3.93. The lowest BCUT2D eigenvalue weighted by Crippen LogP contribution is -2.54. The van der Waals surface area contributed by atoms with Crippen molar-refractivity contribution in [1.29, 1.82) is 0 Å². The number of nitrogens with zero attached hydrogens (tertiary/aromatic N) is 3. The minimum atomic E-state index is 0.0669. The van der Waals surface area contributed by atoms with Gasteiger partial charge < -0.3 is 19.9 Å². The van der Waals surface area contributed by atoms with E-state index < -0.39 is 0 Å². The van der Waals surface area contributed by atoms with E-state index in [0.717, 1.165) is 56.3 Å². The van der Waals surface area contributed by atoms with Crippen LogP contribution in [0.4, 0.5) is 9.93 Å². The SMILES string of the molecule is Cc1nc(N2CCN(C(=O)N[C@H]3C[C@H]4CC[C@@H]3O4)CC2)sc1C. The Morgan fingerprint density at radius 3 is 2.61 bits per heavy atom. The Hall–Kier alpha value is -1.34. The fourth-order valence-corrected chi connectivity index (χ4v) is 4.69. The summed E-state index contributed by atoms with van der Waals surface area (Å²) in [6, 6.07) is 0.279. The number of piperazine rings is 1. The van der Waals surface area contributed by atoms with Gasteiger partial charge in [-0.3, -0.25) is 0 Å². The molecular weight excluding hydrogens is 312 g/mol. The molecule has 126 valence electrons. The monoisotopic (exact) mass is 336 g/mol. The molecule has 4 rings (SSSR count). The van der Waals surface area contributed by atoms with Crippen molar-refractivity contribution in [3.63, 3.8) is 0 Å². The number of aryl methyl sites for hydroxylation is 2. The molecule has 1 aromatic rings. The van der Waals surface area contributed by atoms with Gasteiger partial charge in [0.1, 0.15) is 0 Å². The van der Waals surface area contributed by atoms with Crippen molar-refractivity contribution in [2.75, 3.05) is 31.1 Å². The molecule has 7 heteroatoms. The molecule has 0 unspecified atom stereocenters. The highest BCUT2D eigenvalue weighted by molar-refractivity contribution is 7.15. The Balaban J connectivity index is 1.30. The number of carbonyl (C=O) groups is 1. The number of thiazole rings is 1. The molecule has 0 spiro atoms. The zero-order chi connectivity index (χ0) is 16.0. The van der Waals surface area contributed by atoms with Gasteiger partial charge in [-0.2, -0.15) is 0 Å². The van der Waals surface area contributed by atoms with Crippen molar-refractivity contribution in [1.82, 2.24) is 15.2 Å². The Morgan fingerprint density at radius 2 is 2.04 bits per heavy atom. The number of fused-ring (bicyclic) bond motifs is 2. The minimum absolute atomic E-state index is 0.0669.